The largest absolute Gasteiger partial charge is 0.481 e. The summed E-state index contributed by atoms with van der Waals surface area (Å²) in [6, 6.07) is 2.36. The number of benzene rings is 1. The zero-order valence-electron chi connectivity index (χ0n) is 20.0. The van der Waals surface area contributed by atoms with E-state index in [-0.39, 0.29) is 12.8 Å². The summed E-state index contributed by atoms with van der Waals surface area (Å²) in [5.41, 5.74) is 6.54. The van der Waals surface area contributed by atoms with Crippen molar-refractivity contribution in [2.75, 3.05) is 0 Å². The van der Waals surface area contributed by atoms with Crippen molar-refractivity contribution in [3.63, 3.8) is 0 Å². The second kappa shape index (κ2) is 14.1. The van der Waals surface area contributed by atoms with Crippen molar-refractivity contribution in [2.45, 2.75) is 49.9 Å². The van der Waals surface area contributed by atoms with Gasteiger partial charge in [-0.3, -0.25) is 24.0 Å². The molecule has 0 aliphatic rings. The van der Waals surface area contributed by atoms with Gasteiger partial charge >= 0.3 is 17.9 Å². The highest BCUT2D eigenvalue weighted by molar-refractivity contribution is 5.96. The van der Waals surface area contributed by atoms with Gasteiger partial charge in [0.1, 0.15) is 18.1 Å². The maximum absolute atomic E-state index is 13.1. The highest BCUT2D eigenvalue weighted by atomic mass is 16.4. The Morgan fingerprint density at radius 3 is 1.92 bits per heavy atom. The monoisotopic (exact) mass is 532 g/mol. The van der Waals surface area contributed by atoms with Crippen LogP contribution < -0.4 is 21.7 Å². The van der Waals surface area contributed by atoms with Crippen LogP contribution in [0.4, 0.5) is 0 Å². The van der Waals surface area contributed by atoms with E-state index < -0.39 is 72.6 Å². The fourth-order valence-electron chi connectivity index (χ4n) is 3.36. The lowest BCUT2D eigenvalue weighted by Crippen LogP contribution is -2.58. The molecule has 15 heteroatoms. The summed E-state index contributed by atoms with van der Waals surface area (Å²) in [6.45, 7) is 0. The molecule has 0 bridgehead atoms. The second-order valence-electron chi connectivity index (χ2n) is 8.29. The summed E-state index contributed by atoms with van der Waals surface area (Å²) < 4.78 is 0. The third-order valence-corrected chi connectivity index (χ3v) is 5.25. The molecule has 0 aliphatic carbocycles. The molecule has 1 heterocycles. The van der Waals surface area contributed by atoms with E-state index in [1.807, 2.05) is 0 Å². The van der Waals surface area contributed by atoms with Gasteiger partial charge in [-0.25, -0.2) is 9.78 Å². The fraction of sp³-hybridized carbons (Fsp3) is 0.348. The number of carboxylic acid groups (broad SMARTS) is 3. The van der Waals surface area contributed by atoms with Crippen molar-refractivity contribution in [1.29, 1.82) is 0 Å². The van der Waals surface area contributed by atoms with Crippen LogP contribution in [0.15, 0.2) is 42.9 Å². The standard InChI is InChI=1S/C23H28N6O9/c24-14(8-18(30)31)20(34)27-15(7-13-10-25-11-26-13)21(35)28-16(9-19(32)33)22(36)29-17(23(37)38)6-12-4-2-1-3-5-12/h1-5,10-11,14-17H,6-9,24H2,(H,25,26)(H,27,34)(H,28,35)(H,29,36)(H,30,31)(H,32,33)(H,37,38). The number of carboxylic acids is 3. The molecule has 0 aliphatic heterocycles. The Hall–Kier alpha value is -4.79. The van der Waals surface area contributed by atoms with E-state index in [9.17, 15) is 39.0 Å². The highest BCUT2D eigenvalue weighted by Crippen LogP contribution is 2.06. The summed E-state index contributed by atoms with van der Waals surface area (Å²) in [5.74, 6) is -7.22. The Kier molecular flexibility index (Phi) is 10.9. The number of hydrogen-bond acceptors (Lipinski definition) is 8. The number of nitrogens with two attached hydrogens (primary N) is 1. The minimum Gasteiger partial charge on any atom is -0.481 e. The highest BCUT2D eigenvalue weighted by Gasteiger charge is 2.32. The molecule has 38 heavy (non-hydrogen) atoms. The van der Waals surface area contributed by atoms with Gasteiger partial charge in [0.2, 0.25) is 17.7 Å². The van der Waals surface area contributed by atoms with E-state index in [1.165, 1.54) is 12.5 Å². The van der Waals surface area contributed by atoms with E-state index in [0.29, 0.717) is 11.3 Å². The maximum atomic E-state index is 13.1. The van der Waals surface area contributed by atoms with Gasteiger partial charge in [-0.1, -0.05) is 30.3 Å². The Bertz CT molecular complexity index is 1140. The van der Waals surface area contributed by atoms with Gasteiger partial charge in [-0.2, -0.15) is 0 Å². The number of hydrogen-bond donors (Lipinski definition) is 8. The zero-order valence-corrected chi connectivity index (χ0v) is 20.0. The fourth-order valence-corrected chi connectivity index (χ4v) is 3.36. The first kappa shape index (κ1) is 29.4. The molecular weight excluding hydrogens is 504 g/mol. The molecule has 1 aromatic carbocycles. The lowest BCUT2D eigenvalue weighted by molar-refractivity contribution is -0.143. The van der Waals surface area contributed by atoms with Crippen LogP contribution in [-0.4, -0.2) is 85.1 Å². The molecule has 0 fully saturated rings. The van der Waals surface area contributed by atoms with Gasteiger partial charge in [0.25, 0.3) is 0 Å². The third kappa shape index (κ3) is 9.69. The quantitative estimate of drug-likeness (QED) is 0.125. The molecule has 4 atom stereocenters. The Balaban J connectivity index is 2.19. The van der Waals surface area contributed by atoms with Crippen molar-refractivity contribution in [1.82, 2.24) is 25.9 Å². The third-order valence-electron chi connectivity index (χ3n) is 5.25. The lowest BCUT2D eigenvalue weighted by Gasteiger charge is -2.24. The van der Waals surface area contributed by atoms with Crippen LogP contribution in [-0.2, 0) is 41.6 Å². The molecule has 9 N–H and O–H groups in total. The van der Waals surface area contributed by atoms with Crippen LogP contribution in [0.5, 0.6) is 0 Å². The molecular formula is C23H28N6O9. The zero-order chi connectivity index (χ0) is 28.2. The number of aromatic nitrogens is 2. The normalized spacial score (nSPS) is 13.8. The first-order valence-corrected chi connectivity index (χ1v) is 11.3. The number of nitrogens with one attached hydrogen (secondary N) is 4. The summed E-state index contributed by atoms with van der Waals surface area (Å²) in [4.78, 5) is 78.8. The molecule has 2 rings (SSSR count). The number of amides is 3. The number of carbonyl (C=O) groups is 6. The molecule has 1 aromatic heterocycles. The number of imidazole rings is 1. The maximum Gasteiger partial charge on any atom is 0.326 e. The van der Waals surface area contributed by atoms with Crippen LogP contribution in [0.25, 0.3) is 0 Å². The number of H-pyrrole nitrogens is 1. The SMILES string of the molecule is NC(CC(=O)O)C(=O)NC(Cc1cnc[nH]1)C(=O)NC(CC(=O)O)C(=O)NC(Cc1ccccc1)C(=O)O. The molecule has 15 nitrogen and oxygen atoms in total. The molecule has 2 aromatic rings. The predicted molar refractivity (Wildman–Crippen MR) is 128 cm³/mol. The summed E-state index contributed by atoms with van der Waals surface area (Å²) in [7, 11) is 0. The van der Waals surface area contributed by atoms with E-state index in [1.54, 1.807) is 30.3 Å². The number of aromatic amines is 1. The molecule has 204 valence electrons. The molecule has 0 saturated heterocycles. The van der Waals surface area contributed by atoms with E-state index in [2.05, 4.69) is 25.9 Å². The summed E-state index contributed by atoms with van der Waals surface area (Å²) in [6.07, 6.45) is 0.763. The first-order valence-electron chi connectivity index (χ1n) is 11.3. The molecule has 0 saturated carbocycles. The van der Waals surface area contributed by atoms with Crippen molar-refractivity contribution in [2.24, 2.45) is 5.73 Å². The van der Waals surface area contributed by atoms with E-state index >= 15 is 0 Å². The van der Waals surface area contributed by atoms with Crippen molar-refractivity contribution in [3.05, 3.63) is 54.1 Å². The number of carbonyl (C=O) groups excluding carboxylic acids is 3. The van der Waals surface area contributed by atoms with Crippen LogP contribution in [0.3, 0.4) is 0 Å². The second-order valence-corrected chi connectivity index (χ2v) is 8.29. The summed E-state index contributed by atoms with van der Waals surface area (Å²) in [5, 5.41) is 34.4. The van der Waals surface area contributed by atoms with E-state index in [0.717, 1.165) is 0 Å². The van der Waals surface area contributed by atoms with Gasteiger partial charge < -0.3 is 42.0 Å². The van der Waals surface area contributed by atoms with Crippen LogP contribution in [0.2, 0.25) is 0 Å². The van der Waals surface area contributed by atoms with Gasteiger partial charge in [-0.15, -0.1) is 0 Å². The van der Waals surface area contributed by atoms with Crippen LogP contribution in [0, 0.1) is 0 Å². The van der Waals surface area contributed by atoms with Crippen molar-refractivity contribution in [3.8, 4) is 0 Å². The average Bonchev–Trinajstić information content (AvgIpc) is 3.35. The topological polar surface area (TPSA) is 254 Å². The van der Waals surface area contributed by atoms with Crippen molar-refractivity contribution >= 4 is 35.6 Å². The smallest absolute Gasteiger partial charge is 0.326 e. The molecule has 3 amide bonds. The number of aliphatic carboxylic acids is 3. The predicted octanol–water partition coefficient (Wildman–Crippen LogP) is -1.99. The van der Waals surface area contributed by atoms with Crippen LogP contribution in [0.1, 0.15) is 24.1 Å². The van der Waals surface area contributed by atoms with E-state index in [4.69, 9.17) is 10.8 Å². The minimum atomic E-state index is -1.70. The number of rotatable bonds is 15. The minimum absolute atomic E-state index is 0.102. The Morgan fingerprint density at radius 2 is 1.37 bits per heavy atom. The summed E-state index contributed by atoms with van der Waals surface area (Å²) >= 11 is 0. The molecule has 4 unspecified atom stereocenters. The van der Waals surface area contributed by atoms with Gasteiger partial charge in [0.15, 0.2) is 0 Å². The van der Waals surface area contributed by atoms with Gasteiger partial charge in [0.05, 0.1) is 25.2 Å². The first-order chi connectivity index (χ1) is 18.0. The Labute approximate surface area is 215 Å². The Morgan fingerprint density at radius 1 is 0.789 bits per heavy atom. The lowest BCUT2D eigenvalue weighted by atomic mass is 10.0. The average molecular weight is 533 g/mol. The molecule has 0 spiro atoms. The number of nitrogens with zero attached hydrogens (tertiary/aromatic N) is 1. The van der Waals surface area contributed by atoms with Gasteiger partial charge in [-0.05, 0) is 5.56 Å². The van der Waals surface area contributed by atoms with Crippen molar-refractivity contribution < 1.29 is 44.1 Å². The molecule has 0 radical (unpaired) electrons. The van der Waals surface area contributed by atoms with Gasteiger partial charge in [0, 0.05) is 24.7 Å². The van der Waals surface area contributed by atoms with Crippen LogP contribution >= 0.6 is 0 Å².